The number of pyridine rings is 1. The highest BCUT2D eigenvalue weighted by atomic mass is 16.2. The van der Waals surface area contributed by atoms with Gasteiger partial charge in [-0.15, -0.1) is 0 Å². The maximum absolute atomic E-state index is 12.6. The third-order valence-corrected chi connectivity index (χ3v) is 3.86. The number of rotatable bonds is 4. The van der Waals surface area contributed by atoms with Gasteiger partial charge in [-0.3, -0.25) is 9.59 Å². The molecule has 1 fully saturated rings. The van der Waals surface area contributed by atoms with E-state index >= 15 is 0 Å². The van der Waals surface area contributed by atoms with Crippen molar-refractivity contribution in [3.05, 3.63) is 24.4 Å². The van der Waals surface area contributed by atoms with Crippen molar-refractivity contribution in [1.29, 1.82) is 0 Å². The molecule has 0 spiro atoms. The Labute approximate surface area is 131 Å². The SMILES string of the molecule is CC(=O)NC(C(=O)N1CCN(c2ccccn2)CC1)C(C)C. The van der Waals surface area contributed by atoms with Gasteiger partial charge in [0, 0.05) is 39.3 Å². The average Bonchev–Trinajstić information content (AvgIpc) is 2.52. The molecule has 1 aromatic rings. The molecular weight excluding hydrogens is 280 g/mol. The van der Waals surface area contributed by atoms with Crippen LogP contribution < -0.4 is 10.2 Å². The first-order valence-electron chi connectivity index (χ1n) is 7.71. The Morgan fingerprint density at radius 2 is 1.86 bits per heavy atom. The summed E-state index contributed by atoms with van der Waals surface area (Å²) in [5.41, 5.74) is 0. The van der Waals surface area contributed by atoms with Crippen LogP contribution in [0.3, 0.4) is 0 Å². The van der Waals surface area contributed by atoms with Gasteiger partial charge in [-0.25, -0.2) is 4.98 Å². The number of amides is 2. The highest BCUT2D eigenvalue weighted by Gasteiger charge is 2.30. The van der Waals surface area contributed by atoms with Crippen molar-refractivity contribution in [1.82, 2.24) is 15.2 Å². The molecule has 0 bridgehead atoms. The zero-order valence-corrected chi connectivity index (χ0v) is 13.5. The van der Waals surface area contributed by atoms with Gasteiger partial charge < -0.3 is 15.1 Å². The van der Waals surface area contributed by atoms with Crippen molar-refractivity contribution in [2.75, 3.05) is 31.1 Å². The molecule has 120 valence electrons. The lowest BCUT2D eigenvalue weighted by molar-refractivity contribution is -0.137. The summed E-state index contributed by atoms with van der Waals surface area (Å²) in [7, 11) is 0. The summed E-state index contributed by atoms with van der Waals surface area (Å²) in [5.74, 6) is 0.854. The van der Waals surface area contributed by atoms with Gasteiger partial charge >= 0.3 is 0 Å². The van der Waals surface area contributed by atoms with E-state index < -0.39 is 6.04 Å². The van der Waals surface area contributed by atoms with E-state index in [4.69, 9.17) is 0 Å². The first kappa shape index (κ1) is 16.3. The number of hydrogen-bond acceptors (Lipinski definition) is 4. The lowest BCUT2D eigenvalue weighted by atomic mass is 10.0. The Hall–Kier alpha value is -2.11. The van der Waals surface area contributed by atoms with Crippen LogP contribution in [0.25, 0.3) is 0 Å². The molecule has 0 aliphatic carbocycles. The normalized spacial score (nSPS) is 16.5. The molecule has 1 aromatic heterocycles. The minimum Gasteiger partial charge on any atom is -0.353 e. The van der Waals surface area contributed by atoms with Gasteiger partial charge in [-0.1, -0.05) is 19.9 Å². The van der Waals surface area contributed by atoms with Crippen LogP contribution in [0.15, 0.2) is 24.4 Å². The zero-order valence-electron chi connectivity index (χ0n) is 13.5. The monoisotopic (exact) mass is 304 g/mol. The van der Waals surface area contributed by atoms with Crippen LogP contribution in [-0.4, -0.2) is 53.9 Å². The Morgan fingerprint density at radius 3 is 2.36 bits per heavy atom. The second-order valence-electron chi connectivity index (χ2n) is 5.92. The molecule has 6 heteroatoms. The predicted octanol–water partition coefficient (Wildman–Crippen LogP) is 0.891. The van der Waals surface area contributed by atoms with Gasteiger partial charge in [0.05, 0.1) is 0 Å². The smallest absolute Gasteiger partial charge is 0.245 e. The molecule has 1 aliphatic rings. The van der Waals surface area contributed by atoms with E-state index in [1.807, 2.05) is 36.9 Å². The summed E-state index contributed by atoms with van der Waals surface area (Å²) in [6.07, 6.45) is 1.78. The summed E-state index contributed by atoms with van der Waals surface area (Å²) in [5, 5.41) is 2.76. The van der Waals surface area contributed by atoms with Crippen molar-refractivity contribution in [3.63, 3.8) is 0 Å². The van der Waals surface area contributed by atoms with Crippen molar-refractivity contribution in [2.45, 2.75) is 26.8 Å². The first-order valence-corrected chi connectivity index (χ1v) is 7.71. The lowest BCUT2D eigenvalue weighted by Gasteiger charge is -2.37. The molecule has 1 N–H and O–H groups in total. The van der Waals surface area contributed by atoms with Crippen LogP contribution in [0.2, 0.25) is 0 Å². The Bertz CT molecular complexity index is 510. The average molecular weight is 304 g/mol. The van der Waals surface area contributed by atoms with E-state index in [0.717, 1.165) is 18.9 Å². The fraction of sp³-hybridized carbons (Fsp3) is 0.562. The molecule has 1 saturated heterocycles. The molecule has 6 nitrogen and oxygen atoms in total. The molecule has 0 radical (unpaired) electrons. The summed E-state index contributed by atoms with van der Waals surface area (Å²) in [4.78, 5) is 32.2. The number of carbonyl (C=O) groups excluding carboxylic acids is 2. The number of carbonyl (C=O) groups is 2. The number of piperazine rings is 1. The van der Waals surface area contributed by atoms with Gasteiger partial charge in [0.25, 0.3) is 0 Å². The fourth-order valence-corrected chi connectivity index (χ4v) is 2.63. The maximum atomic E-state index is 12.6. The van der Waals surface area contributed by atoms with Crippen LogP contribution in [0, 0.1) is 5.92 Å². The van der Waals surface area contributed by atoms with Crippen molar-refractivity contribution in [3.8, 4) is 0 Å². The van der Waals surface area contributed by atoms with Crippen LogP contribution in [0.5, 0.6) is 0 Å². The molecule has 22 heavy (non-hydrogen) atoms. The number of aromatic nitrogens is 1. The molecule has 2 heterocycles. The largest absolute Gasteiger partial charge is 0.353 e. The van der Waals surface area contributed by atoms with Crippen LogP contribution >= 0.6 is 0 Å². The van der Waals surface area contributed by atoms with E-state index in [-0.39, 0.29) is 17.7 Å². The molecular formula is C16H24N4O2. The Kier molecular flexibility index (Phi) is 5.35. The Morgan fingerprint density at radius 1 is 1.18 bits per heavy atom. The van der Waals surface area contributed by atoms with Crippen LogP contribution in [0.1, 0.15) is 20.8 Å². The highest BCUT2D eigenvalue weighted by molar-refractivity contribution is 5.87. The van der Waals surface area contributed by atoms with E-state index in [9.17, 15) is 9.59 Å². The topological polar surface area (TPSA) is 65.5 Å². The summed E-state index contributed by atoms with van der Waals surface area (Å²) >= 11 is 0. The van der Waals surface area contributed by atoms with Crippen LogP contribution in [-0.2, 0) is 9.59 Å². The second kappa shape index (κ2) is 7.24. The predicted molar refractivity (Wildman–Crippen MR) is 85.5 cm³/mol. The standard InChI is InChI=1S/C16H24N4O2/c1-12(2)15(18-13(3)21)16(22)20-10-8-19(9-11-20)14-6-4-5-7-17-14/h4-7,12,15H,8-11H2,1-3H3,(H,18,21). The molecule has 1 aliphatic heterocycles. The summed E-state index contributed by atoms with van der Waals surface area (Å²) in [6, 6.07) is 5.39. The minimum absolute atomic E-state index is 0.00544. The first-order chi connectivity index (χ1) is 10.5. The van der Waals surface area contributed by atoms with Crippen LogP contribution in [0.4, 0.5) is 5.82 Å². The van der Waals surface area contributed by atoms with E-state index in [1.165, 1.54) is 6.92 Å². The third-order valence-electron chi connectivity index (χ3n) is 3.86. The van der Waals surface area contributed by atoms with Gasteiger partial charge in [-0.05, 0) is 18.1 Å². The number of nitrogens with zero attached hydrogens (tertiary/aromatic N) is 3. The molecule has 2 amide bonds. The summed E-state index contributed by atoms with van der Waals surface area (Å²) < 4.78 is 0. The number of nitrogens with one attached hydrogen (secondary N) is 1. The minimum atomic E-state index is -0.445. The van der Waals surface area contributed by atoms with Crippen molar-refractivity contribution >= 4 is 17.6 Å². The lowest BCUT2D eigenvalue weighted by Crippen LogP contribution is -2.56. The van der Waals surface area contributed by atoms with Gasteiger partial charge in [0.15, 0.2) is 0 Å². The van der Waals surface area contributed by atoms with Crippen molar-refractivity contribution < 1.29 is 9.59 Å². The second-order valence-corrected chi connectivity index (χ2v) is 5.92. The molecule has 0 saturated carbocycles. The highest BCUT2D eigenvalue weighted by Crippen LogP contribution is 2.14. The number of hydrogen-bond donors (Lipinski definition) is 1. The van der Waals surface area contributed by atoms with Gasteiger partial charge in [0.2, 0.25) is 11.8 Å². The third kappa shape index (κ3) is 3.96. The van der Waals surface area contributed by atoms with E-state index in [0.29, 0.717) is 13.1 Å². The Balaban J connectivity index is 1.95. The number of anilines is 1. The zero-order chi connectivity index (χ0) is 16.1. The van der Waals surface area contributed by atoms with Crippen molar-refractivity contribution in [2.24, 2.45) is 5.92 Å². The molecule has 0 aromatic carbocycles. The molecule has 1 unspecified atom stereocenters. The maximum Gasteiger partial charge on any atom is 0.245 e. The summed E-state index contributed by atoms with van der Waals surface area (Å²) in [6.45, 7) is 8.16. The van der Waals surface area contributed by atoms with E-state index in [2.05, 4.69) is 15.2 Å². The fourth-order valence-electron chi connectivity index (χ4n) is 2.63. The quantitative estimate of drug-likeness (QED) is 0.897. The van der Waals surface area contributed by atoms with Gasteiger partial charge in [0.1, 0.15) is 11.9 Å². The van der Waals surface area contributed by atoms with E-state index in [1.54, 1.807) is 6.20 Å². The van der Waals surface area contributed by atoms with Gasteiger partial charge in [-0.2, -0.15) is 0 Å². The molecule has 1 atom stereocenters. The molecule has 2 rings (SSSR count).